The number of carbonyl (C=O) groups is 6. The number of carbonyl (C=O) groups excluding carboxylic acids is 6. The highest BCUT2D eigenvalue weighted by Crippen LogP contribution is 2.47. The topological polar surface area (TPSA) is 232 Å². The van der Waals surface area contributed by atoms with Crippen molar-refractivity contribution in [1.29, 1.82) is 0 Å². The van der Waals surface area contributed by atoms with Crippen molar-refractivity contribution < 1.29 is 52.8 Å². The minimum Gasteiger partial charge on any atom is -0.488 e. The number of amides is 3. The molecule has 0 aliphatic heterocycles. The van der Waals surface area contributed by atoms with Crippen LogP contribution in [0.15, 0.2) is 86.2 Å². The van der Waals surface area contributed by atoms with Gasteiger partial charge in [-0.15, -0.1) is 40.6 Å². The number of fused-ring (bicyclic) bond motifs is 3. The van der Waals surface area contributed by atoms with Gasteiger partial charge in [0.2, 0.25) is 17.7 Å². The van der Waals surface area contributed by atoms with E-state index in [1.54, 1.807) is 57.5 Å². The highest BCUT2D eigenvalue weighted by Gasteiger charge is 2.28. The van der Waals surface area contributed by atoms with E-state index in [9.17, 15) is 33.9 Å². The average Bonchev–Trinajstić information content (AvgIpc) is 2.93. The fourth-order valence-electron chi connectivity index (χ4n) is 8.79. The van der Waals surface area contributed by atoms with E-state index in [1.807, 2.05) is 43.3 Å². The zero-order chi connectivity index (χ0) is 61.2. The zero-order valence-corrected chi connectivity index (χ0v) is 54.4. The number of rotatable bonds is 20. The molecule has 0 radical (unpaired) electrons. The smallest absolute Gasteiger partial charge is 0.341 e. The maximum absolute atomic E-state index is 12.6. The first-order valence-electron chi connectivity index (χ1n) is 26.8. The summed E-state index contributed by atoms with van der Waals surface area (Å²) < 4.78 is 24.9. The molecule has 446 valence electrons. The summed E-state index contributed by atoms with van der Waals surface area (Å²) in [6.45, 7) is 16.6. The molecular weight excluding hydrogens is 1310 g/mol. The first kappa shape index (κ1) is 67.1. The first-order chi connectivity index (χ1) is 40.2. The molecule has 5 N–H and O–H groups in total. The molecule has 1 unspecified atom stereocenters. The Morgan fingerprint density at radius 2 is 1.21 bits per heavy atom. The second-order valence-corrected chi connectivity index (χ2v) is 24.3. The number of nitrogens with zero attached hydrogens (tertiary/aromatic N) is 2. The molecule has 1 aliphatic rings. The number of esters is 3. The van der Waals surface area contributed by atoms with Gasteiger partial charge < -0.3 is 45.3 Å². The lowest BCUT2D eigenvalue weighted by Crippen LogP contribution is -2.39. The summed E-state index contributed by atoms with van der Waals surface area (Å²) in [7, 11) is 0. The van der Waals surface area contributed by atoms with Crippen LogP contribution in [0.2, 0.25) is 10.0 Å². The van der Waals surface area contributed by atoms with Gasteiger partial charge in [0.15, 0.2) is 5.75 Å². The molecule has 3 heterocycles. The Kier molecular flexibility index (Phi) is 25.9. The van der Waals surface area contributed by atoms with Crippen molar-refractivity contribution in [2.75, 3.05) is 55.5 Å². The van der Waals surface area contributed by atoms with Crippen LogP contribution in [0, 0.1) is 6.92 Å². The molecule has 0 spiro atoms. The van der Waals surface area contributed by atoms with Gasteiger partial charge in [0.05, 0.1) is 60.7 Å². The predicted molar refractivity (Wildman–Crippen MR) is 349 cm³/mol. The number of aliphatic imine (C=N–C) groups is 2. The summed E-state index contributed by atoms with van der Waals surface area (Å²) in [6.07, 6.45) is 10.4. The van der Waals surface area contributed by atoms with E-state index in [4.69, 9.17) is 42.1 Å². The Morgan fingerprint density at radius 3 is 1.76 bits per heavy atom. The van der Waals surface area contributed by atoms with E-state index in [0.29, 0.717) is 106 Å². The van der Waals surface area contributed by atoms with Crippen LogP contribution < -0.4 is 26.0 Å². The van der Waals surface area contributed by atoms with Crippen LogP contribution >= 0.6 is 89.1 Å². The number of anilines is 3. The Balaban J connectivity index is 0.000000203. The highest BCUT2D eigenvalue weighted by atomic mass is 79.9. The molecule has 7 aromatic rings. The van der Waals surface area contributed by atoms with Crippen molar-refractivity contribution in [2.24, 2.45) is 9.98 Å². The molecule has 1 fully saturated rings. The van der Waals surface area contributed by atoms with Gasteiger partial charge in [-0.1, -0.05) is 88.7 Å². The number of hydrogen-bond donors (Lipinski definition) is 5. The highest BCUT2D eigenvalue weighted by molar-refractivity contribution is 9.11. The van der Waals surface area contributed by atoms with Crippen molar-refractivity contribution >= 4 is 188 Å². The van der Waals surface area contributed by atoms with Gasteiger partial charge in [0.25, 0.3) is 0 Å². The van der Waals surface area contributed by atoms with Crippen molar-refractivity contribution in [3.8, 4) is 5.75 Å². The molecule has 0 saturated heterocycles. The third-order valence-corrected chi connectivity index (χ3v) is 18.0. The Morgan fingerprint density at radius 1 is 0.702 bits per heavy atom. The molecule has 4 aromatic carbocycles. The number of para-hydroxylation sites is 1. The van der Waals surface area contributed by atoms with Gasteiger partial charge in [-0.25, -0.2) is 14.4 Å². The zero-order valence-electron chi connectivity index (χ0n) is 47.2. The number of ether oxygens (including phenoxy) is 4. The third-order valence-electron chi connectivity index (χ3n) is 12.3. The van der Waals surface area contributed by atoms with E-state index in [2.05, 4.69) is 69.7 Å². The van der Waals surface area contributed by atoms with Crippen molar-refractivity contribution in [3.63, 3.8) is 0 Å². The number of aliphatic hydroxyl groups is 1. The number of nitrogens with one attached hydrogen (secondary N) is 4. The first-order valence-corrected chi connectivity index (χ1v) is 31.5. The number of aryl methyl sites for hydroxylation is 1. The second-order valence-electron chi connectivity index (χ2n) is 18.7. The van der Waals surface area contributed by atoms with Gasteiger partial charge in [-0.05, 0) is 92.4 Å². The largest absolute Gasteiger partial charge is 0.488 e. The van der Waals surface area contributed by atoms with Gasteiger partial charge in [0.1, 0.15) is 44.4 Å². The number of aliphatic hydroxyl groups excluding tert-OH is 1. The molecule has 3 aromatic heterocycles. The normalized spacial score (nSPS) is 12.8. The van der Waals surface area contributed by atoms with Crippen LogP contribution in [0.5, 0.6) is 5.75 Å². The van der Waals surface area contributed by atoms with Crippen LogP contribution in [-0.2, 0) is 28.6 Å². The van der Waals surface area contributed by atoms with E-state index in [1.165, 1.54) is 74.0 Å². The molecular formula is C60H64Br2Cl2N6O11S3. The van der Waals surface area contributed by atoms with E-state index < -0.39 is 24.0 Å². The molecule has 1 atom stereocenters. The van der Waals surface area contributed by atoms with Crippen LogP contribution in [-0.4, -0.2) is 105 Å². The van der Waals surface area contributed by atoms with Crippen molar-refractivity contribution in [1.82, 2.24) is 5.32 Å². The fourth-order valence-corrected chi connectivity index (χ4v) is 14.5. The lowest BCUT2D eigenvalue weighted by molar-refractivity contribution is -0.115. The van der Waals surface area contributed by atoms with Crippen LogP contribution in [0.4, 0.5) is 20.7 Å². The molecule has 1 aliphatic carbocycles. The van der Waals surface area contributed by atoms with Gasteiger partial charge in [-0.3, -0.25) is 24.4 Å². The summed E-state index contributed by atoms with van der Waals surface area (Å²) in [5.41, 5.74) is 4.04. The standard InChI is InChI=1S/C22H29BrN2O5S.C20H16BrClN2O3S.C18H19ClN2O3S/c1-3-29-22(28)18-16-9-10-17(23)19(20(16)31-21(18)25-13(2)26)30-12-15(27)11-24-14-7-5-4-6-8-14;1-3-27-20(26)16-15-14(21)9-12(10-23-13-7-5-4-6-8-13)17(22)18(15)28-19(16)24-11(2)25;1-5-7-20-9-12-8-10(3)13-14(18(23)24-6-2)17(21-11(4)22)25-16(13)15(12)19/h9-10,14-15,24,27H,3-8,11-12H2,1-2H3,(H,25,26);4-10H,3H2,1-2H3,(H,24,25);5,8-9H,1,6-7H2,2-4H3,(H,21,22). The minimum atomic E-state index is -0.664. The van der Waals surface area contributed by atoms with Gasteiger partial charge in [0, 0.05) is 77.5 Å². The average molecular weight is 1370 g/mol. The summed E-state index contributed by atoms with van der Waals surface area (Å²) in [5, 5.41) is 26.1. The quantitative estimate of drug-likeness (QED) is 0.0208. The molecule has 84 heavy (non-hydrogen) atoms. The SMILES string of the molecule is C=CCN=Cc1cc(C)c2c(C(=O)OCC)c(NC(C)=O)sc2c1Cl.CCOC(=O)c1c(NC(C)=O)sc2c(Cl)c(C=Nc3ccccc3)cc(Br)c12.CCOC(=O)c1c(NC(C)=O)sc2c(OCC(O)CNC3CCCCC3)c(Br)ccc12. The Bertz CT molecular complexity index is 3620. The number of benzene rings is 4. The maximum Gasteiger partial charge on any atom is 0.341 e. The Hall–Kier alpha value is -6.08. The summed E-state index contributed by atoms with van der Waals surface area (Å²) >= 11 is 23.9. The number of hydrogen-bond acceptors (Lipinski definition) is 17. The van der Waals surface area contributed by atoms with E-state index >= 15 is 0 Å². The molecule has 1 saturated carbocycles. The Labute approximate surface area is 525 Å². The molecule has 8 rings (SSSR count). The lowest BCUT2D eigenvalue weighted by atomic mass is 9.95. The van der Waals surface area contributed by atoms with Crippen LogP contribution in [0.25, 0.3) is 30.3 Å². The van der Waals surface area contributed by atoms with E-state index in [0.717, 1.165) is 29.7 Å². The monoisotopic (exact) mass is 1370 g/mol. The fraction of sp³-hybridized carbons (Fsp3) is 0.333. The molecule has 17 nitrogen and oxygen atoms in total. The minimum absolute atomic E-state index is 0.111. The number of halogens is 4. The van der Waals surface area contributed by atoms with E-state index in [-0.39, 0.29) is 49.7 Å². The summed E-state index contributed by atoms with van der Waals surface area (Å²) in [5.74, 6) is -1.79. The molecule has 0 bridgehead atoms. The van der Waals surface area contributed by atoms with Crippen LogP contribution in [0.3, 0.4) is 0 Å². The van der Waals surface area contributed by atoms with Gasteiger partial charge in [-0.2, -0.15) is 0 Å². The van der Waals surface area contributed by atoms with Crippen LogP contribution in [0.1, 0.15) is 121 Å². The molecule has 3 amide bonds. The predicted octanol–water partition coefficient (Wildman–Crippen LogP) is 15.3. The van der Waals surface area contributed by atoms with Crippen molar-refractivity contribution in [3.05, 3.63) is 120 Å². The maximum atomic E-state index is 12.6. The second kappa shape index (κ2) is 32.4. The third kappa shape index (κ3) is 17.5. The summed E-state index contributed by atoms with van der Waals surface area (Å²) in [6, 6.07) is 17.2. The van der Waals surface area contributed by atoms with Gasteiger partial charge >= 0.3 is 17.9 Å². The summed E-state index contributed by atoms with van der Waals surface area (Å²) in [4.78, 5) is 80.9. The number of thiophene rings is 3. The lowest BCUT2D eigenvalue weighted by Gasteiger charge is -2.24. The van der Waals surface area contributed by atoms with Crippen molar-refractivity contribution in [2.45, 2.75) is 92.7 Å². The molecule has 24 heteroatoms.